The Bertz CT molecular complexity index is 342. The maximum atomic E-state index is 12.9. The molecule has 1 N–H and O–H groups in total. The molecule has 4 nitrogen and oxygen atoms in total. The molecule has 12 heavy (non-hydrogen) atoms. The number of phenolic OH excluding ortho intramolecular Hbond substituents is 1. The average molecular weight is 236 g/mol. The average Bonchev–Trinajstić information content (AvgIpc) is 2.00. The molecule has 0 heterocycles. The van der Waals surface area contributed by atoms with Gasteiger partial charge in [0, 0.05) is 6.07 Å². The zero-order valence-electron chi connectivity index (χ0n) is 5.62. The largest absolute Gasteiger partial charge is 0.507 e. The van der Waals surface area contributed by atoms with E-state index in [1.54, 1.807) is 0 Å². The Hall–Kier alpha value is -1.17. The van der Waals surface area contributed by atoms with E-state index in [9.17, 15) is 14.5 Å². The summed E-state index contributed by atoms with van der Waals surface area (Å²) in [6.45, 7) is 0. The summed E-state index contributed by atoms with van der Waals surface area (Å²) < 4.78 is 12.6. The van der Waals surface area contributed by atoms with Crippen LogP contribution in [0, 0.1) is 15.9 Å². The van der Waals surface area contributed by atoms with Gasteiger partial charge >= 0.3 is 5.69 Å². The molecule has 64 valence electrons. The molecule has 0 unspecified atom stereocenters. The third-order valence-corrected chi connectivity index (χ3v) is 1.99. The molecule has 0 saturated carbocycles. The Balaban J connectivity index is 3.36. The SMILES string of the molecule is O=[N+]([O-])c1ccc(O)c(Br)c1F. The van der Waals surface area contributed by atoms with Crippen molar-refractivity contribution in [1.82, 2.24) is 0 Å². The maximum absolute atomic E-state index is 12.9. The van der Waals surface area contributed by atoms with Gasteiger partial charge in [-0.2, -0.15) is 4.39 Å². The molecule has 0 spiro atoms. The Kier molecular flexibility index (Phi) is 2.27. The summed E-state index contributed by atoms with van der Waals surface area (Å²) in [6.07, 6.45) is 0. The molecule has 1 aromatic rings. The molecular formula is C6H3BrFNO3. The Morgan fingerprint density at radius 2 is 2.17 bits per heavy atom. The molecule has 0 radical (unpaired) electrons. The van der Waals surface area contributed by atoms with E-state index in [1.807, 2.05) is 0 Å². The molecule has 0 aromatic heterocycles. The third-order valence-electron chi connectivity index (χ3n) is 1.24. The van der Waals surface area contributed by atoms with Gasteiger partial charge in [-0.1, -0.05) is 0 Å². The molecule has 0 amide bonds. The zero-order valence-corrected chi connectivity index (χ0v) is 7.21. The lowest BCUT2D eigenvalue weighted by atomic mass is 10.3. The van der Waals surface area contributed by atoms with Crippen LogP contribution >= 0.6 is 15.9 Å². The van der Waals surface area contributed by atoms with Crippen LogP contribution in [0.4, 0.5) is 10.1 Å². The van der Waals surface area contributed by atoms with E-state index < -0.39 is 16.4 Å². The number of rotatable bonds is 1. The number of hydrogen-bond acceptors (Lipinski definition) is 3. The van der Waals surface area contributed by atoms with Crippen molar-refractivity contribution >= 4 is 21.6 Å². The maximum Gasteiger partial charge on any atom is 0.306 e. The van der Waals surface area contributed by atoms with Crippen LogP contribution in [0.2, 0.25) is 0 Å². The lowest BCUT2D eigenvalue weighted by Gasteiger charge is -1.97. The summed E-state index contributed by atoms with van der Waals surface area (Å²) in [5, 5.41) is 19.0. The summed E-state index contributed by atoms with van der Waals surface area (Å²) in [5.74, 6) is -1.43. The fraction of sp³-hybridized carbons (Fsp3) is 0. The highest BCUT2D eigenvalue weighted by Gasteiger charge is 2.18. The molecular weight excluding hydrogens is 233 g/mol. The van der Waals surface area contributed by atoms with Crippen molar-refractivity contribution in [1.29, 1.82) is 0 Å². The quantitative estimate of drug-likeness (QED) is 0.600. The van der Waals surface area contributed by atoms with Gasteiger partial charge in [-0.15, -0.1) is 0 Å². The standard InChI is InChI=1S/C6H3BrFNO3/c7-5-4(10)2-1-3(6(5)8)9(11)12/h1-2,10H. The summed E-state index contributed by atoms with van der Waals surface area (Å²) in [7, 11) is 0. The number of hydrogen-bond donors (Lipinski definition) is 1. The van der Waals surface area contributed by atoms with E-state index in [0.717, 1.165) is 12.1 Å². The first-order chi connectivity index (χ1) is 5.54. The number of phenols is 1. The van der Waals surface area contributed by atoms with Crippen LogP contribution in [0.15, 0.2) is 16.6 Å². The summed E-state index contributed by atoms with van der Waals surface area (Å²) >= 11 is 2.67. The van der Waals surface area contributed by atoms with E-state index in [1.165, 1.54) is 0 Å². The van der Waals surface area contributed by atoms with Crippen LogP contribution < -0.4 is 0 Å². The van der Waals surface area contributed by atoms with Crippen LogP contribution in [-0.2, 0) is 0 Å². The van der Waals surface area contributed by atoms with E-state index in [4.69, 9.17) is 5.11 Å². The van der Waals surface area contributed by atoms with Crippen molar-refractivity contribution in [3.8, 4) is 5.75 Å². The van der Waals surface area contributed by atoms with Crippen molar-refractivity contribution in [2.75, 3.05) is 0 Å². The monoisotopic (exact) mass is 235 g/mol. The molecule has 0 aliphatic rings. The highest BCUT2D eigenvalue weighted by atomic mass is 79.9. The van der Waals surface area contributed by atoms with Crippen molar-refractivity contribution in [3.05, 3.63) is 32.5 Å². The summed E-state index contributed by atoms with van der Waals surface area (Å²) in [5.41, 5.74) is -0.667. The van der Waals surface area contributed by atoms with E-state index in [2.05, 4.69) is 15.9 Å². The Morgan fingerprint density at radius 3 is 2.67 bits per heavy atom. The van der Waals surface area contributed by atoms with Crippen LogP contribution in [0.5, 0.6) is 5.75 Å². The Labute approximate surface area is 74.9 Å². The molecule has 0 atom stereocenters. The molecule has 0 aliphatic heterocycles. The number of nitro benzene ring substituents is 1. The highest BCUT2D eigenvalue weighted by molar-refractivity contribution is 9.10. The predicted octanol–water partition coefficient (Wildman–Crippen LogP) is 2.20. The number of benzene rings is 1. The number of aromatic hydroxyl groups is 1. The third kappa shape index (κ3) is 1.38. The second-order valence-electron chi connectivity index (χ2n) is 1.99. The fourth-order valence-corrected chi connectivity index (χ4v) is 1.01. The van der Waals surface area contributed by atoms with Gasteiger partial charge in [0.25, 0.3) is 0 Å². The minimum absolute atomic E-state index is 0.295. The van der Waals surface area contributed by atoms with Gasteiger partial charge < -0.3 is 5.11 Å². The van der Waals surface area contributed by atoms with Gasteiger partial charge in [-0.3, -0.25) is 10.1 Å². The molecule has 0 saturated heterocycles. The molecule has 1 aromatic carbocycles. The van der Waals surface area contributed by atoms with E-state index in [-0.39, 0.29) is 10.2 Å². The summed E-state index contributed by atoms with van der Waals surface area (Å²) in [6, 6.07) is 1.95. The van der Waals surface area contributed by atoms with Crippen LogP contribution in [0.25, 0.3) is 0 Å². The van der Waals surface area contributed by atoms with Crippen molar-refractivity contribution in [2.45, 2.75) is 0 Å². The van der Waals surface area contributed by atoms with Crippen molar-refractivity contribution in [3.63, 3.8) is 0 Å². The smallest absolute Gasteiger partial charge is 0.306 e. The van der Waals surface area contributed by atoms with Gasteiger partial charge in [0.1, 0.15) is 10.2 Å². The van der Waals surface area contributed by atoms with Gasteiger partial charge in [-0.25, -0.2) is 0 Å². The van der Waals surface area contributed by atoms with Crippen molar-refractivity contribution < 1.29 is 14.4 Å². The molecule has 1 rings (SSSR count). The second-order valence-corrected chi connectivity index (χ2v) is 2.78. The molecule has 0 fully saturated rings. The summed E-state index contributed by atoms with van der Waals surface area (Å²) in [4.78, 5) is 9.29. The highest BCUT2D eigenvalue weighted by Crippen LogP contribution is 2.32. The number of nitrogens with zero attached hydrogens (tertiary/aromatic N) is 1. The first-order valence-electron chi connectivity index (χ1n) is 2.85. The minimum Gasteiger partial charge on any atom is -0.507 e. The molecule has 6 heteroatoms. The topological polar surface area (TPSA) is 63.4 Å². The normalized spacial score (nSPS) is 9.83. The van der Waals surface area contributed by atoms with Crippen molar-refractivity contribution in [2.24, 2.45) is 0 Å². The zero-order chi connectivity index (χ0) is 9.30. The molecule has 0 bridgehead atoms. The lowest BCUT2D eigenvalue weighted by Crippen LogP contribution is -1.92. The predicted molar refractivity (Wildman–Crippen MR) is 42.4 cm³/mol. The first kappa shape index (κ1) is 8.92. The van der Waals surface area contributed by atoms with E-state index in [0.29, 0.717) is 0 Å². The van der Waals surface area contributed by atoms with E-state index >= 15 is 0 Å². The number of nitro groups is 1. The van der Waals surface area contributed by atoms with Gasteiger partial charge in [0.2, 0.25) is 5.82 Å². The van der Waals surface area contributed by atoms with Crippen LogP contribution in [-0.4, -0.2) is 10.0 Å². The van der Waals surface area contributed by atoms with Crippen LogP contribution in [0.3, 0.4) is 0 Å². The first-order valence-corrected chi connectivity index (χ1v) is 3.64. The van der Waals surface area contributed by atoms with Gasteiger partial charge in [0.05, 0.1) is 4.92 Å². The second kappa shape index (κ2) is 3.06. The molecule has 0 aliphatic carbocycles. The lowest BCUT2D eigenvalue weighted by molar-refractivity contribution is -0.387. The van der Waals surface area contributed by atoms with Crippen LogP contribution in [0.1, 0.15) is 0 Å². The van der Waals surface area contributed by atoms with Gasteiger partial charge in [0.15, 0.2) is 0 Å². The Morgan fingerprint density at radius 1 is 1.58 bits per heavy atom. The van der Waals surface area contributed by atoms with Gasteiger partial charge in [-0.05, 0) is 22.0 Å². The number of halogens is 2. The minimum atomic E-state index is -1.07. The fourth-order valence-electron chi connectivity index (χ4n) is 0.670.